The van der Waals surface area contributed by atoms with E-state index in [0.29, 0.717) is 23.4 Å². The monoisotopic (exact) mass is 596 g/mol. The summed E-state index contributed by atoms with van der Waals surface area (Å²) in [6, 6.07) is 3.93. The molecule has 0 radical (unpaired) electrons. The maximum absolute atomic E-state index is 13.6. The summed E-state index contributed by atoms with van der Waals surface area (Å²) in [5.74, 6) is -2.52. The first-order valence-corrected chi connectivity index (χ1v) is 13.3. The molecule has 0 spiro atoms. The van der Waals surface area contributed by atoms with Crippen LogP contribution in [0.4, 0.5) is 17.6 Å². The first kappa shape index (κ1) is 35.2. The summed E-state index contributed by atoms with van der Waals surface area (Å²) in [6.45, 7) is 4.00. The normalized spacial score (nSPS) is 19.0. The number of nitrogens with zero attached hydrogens (tertiary/aromatic N) is 2. The summed E-state index contributed by atoms with van der Waals surface area (Å²) in [5, 5.41) is 39.0. The van der Waals surface area contributed by atoms with Gasteiger partial charge < -0.3 is 26.0 Å². The number of rotatable bonds is 12. The molecule has 0 saturated carbocycles. The van der Waals surface area contributed by atoms with Crippen molar-refractivity contribution in [2.24, 2.45) is 5.92 Å². The zero-order valence-electron chi connectivity index (χ0n) is 22.4. The standard InChI is InChI=1S/C27H36F4N4O5.Na.H/c1-15(2)24-21(9-8-19(36)11-20(37)12-23(38)39)35(18-6-4-17(28)5-7-18)34-25(24)26(40)33-14-16-3-10-22(32-13-16)27(29,30)31;;/h4-7,15-16,19-20,22,32,36-37H,3,8-14H2,1-2H3,(H,33,40)(H,38,39);;/t16?,19-,20-,22?;;/m1../s1. The van der Waals surface area contributed by atoms with Gasteiger partial charge >= 0.3 is 41.7 Å². The Bertz CT molecular complexity index is 1150. The number of carbonyl (C=O) groups is 2. The third-order valence-electron chi connectivity index (χ3n) is 7.02. The van der Waals surface area contributed by atoms with Crippen molar-refractivity contribution in [3.63, 3.8) is 0 Å². The van der Waals surface area contributed by atoms with Gasteiger partial charge in [0.25, 0.3) is 5.91 Å². The molecule has 0 aliphatic carbocycles. The Morgan fingerprint density at radius 3 is 2.34 bits per heavy atom. The molecule has 1 aromatic carbocycles. The number of aliphatic hydroxyl groups excluding tert-OH is 2. The first-order chi connectivity index (χ1) is 18.8. The van der Waals surface area contributed by atoms with E-state index in [9.17, 15) is 37.4 Å². The third kappa shape index (κ3) is 10.0. The second-order valence-corrected chi connectivity index (χ2v) is 10.6. The molecule has 4 atom stereocenters. The molecule has 3 rings (SSSR count). The molecule has 5 N–H and O–H groups in total. The van der Waals surface area contributed by atoms with Crippen LogP contribution in [-0.2, 0) is 11.2 Å². The summed E-state index contributed by atoms with van der Waals surface area (Å²) in [6.07, 6.45) is -6.62. The molecule has 1 aromatic heterocycles. The zero-order chi connectivity index (χ0) is 29.6. The average Bonchev–Trinajstić information content (AvgIpc) is 3.25. The van der Waals surface area contributed by atoms with E-state index in [2.05, 4.69) is 15.7 Å². The number of carbonyl (C=O) groups excluding carboxylic acids is 1. The summed E-state index contributed by atoms with van der Waals surface area (Å²) in [4.78, 5) is 24.1. The van der Waals surface area contributed by atoms with Crippen molar-refractivity contribution < 1.29 is 42.5 Å². The summed E-state index contributed by atoms with van der Waals surface area (Å²) in [5.41, 5.74) is 1.78. The number of aliphatic carboxylic acids is 1. The molecule has 41 heavy (non-hydrogen) atoms. The second kappa shape index (κ2) is 15.4. The molecule has 9 nitrogen and oxygen atoms in total. The Morgan fingerprint density at radius 2 is 1.80 bits per heavy atom. The van der Waals surface area contributed by atoms with E-state index in [1.165, 1.54) is 28.9 Å². The number of benzene rings is 1. The Hall–Kier alpha value is -2.03. The van der Waals surface area contributed by atoms with E-state index < -0.39 is 48.5 Å². The Balaban J connectivity index is 0.00000588. The molecule has 1 saturated heterocycles. The SMILES string of the molecule is CC(C)c1c(C(=O)NCC2CCC(C(F)(F)F)NC2)nn(-c2ccc(F)cc2)c1CC[C@@H](O)C[C@@H](O)CC(=O)O.[NaH]. The Morgan fingerprint density at radius 1 is 1.15 bits per heavy atom. The molecular formula is C27H37F4N4NaO5. The van der Waals surface area contributed by atoms with E-state index in [1.54, 1.807) is 0 Å². The summed E-state index contributed by atoms with van der Waals surface area (Å²) in [7, 11) is 0. The van der Waals surface area contributed by atoms with Crippen molar-refractivity contribution in [1.82, 2.24) is 20.4 Å². The van der Waals surface area contributed by atoms with Crippen LogP contribution in [0.3, 0.4) is 0 Å². The molecule has 0 bridgehead atoms. The number of nitrogens with one attached hydrogen (secondary N) is 2. The summed E-state index contributed by atoms with van der Waals surface area (Å²) >= 11 is 0. The minimum atomic E-state index is -4.31. The van der Waals surface area contributed by atoms with E-state index >= 15 is 0 Å². The predicted molar refractivity (Wildman–Crippen MR) is 145 cm³/mol. The van der Waals surface area contributed by atoms with E-state index in [0.717, 1.165) is 0 Å². The fraction of sp³-hybridized carbons (Fsp3) is 0.593. The number of alkyl halides is 3. The van der Waals surface area contributed by atoms with E-state index in [1.807, 2.05) is 13.8 Å². The Kier molecular flexibility index (Phi) is 13.2. The van der Waals surface area contributed by atoms with Gasteiger partial charge in [0.15, 0.2) is 5.69 Å². The van der Waals surface area contributed by atoms with Gasteiger partial charge in [-0.25, -0.2) is 9.07 Å². The molecule has 2 unspecified atom stereocenters. The molecule has 224 valence electrons. The second-order valence-electron chi connectivity index (χ2n) is 10.6. The molecule has 1 fully saturated rings. The molecular weight excluding hydrogens is 559 g/mol. The quantitative estimate of drug-likeness (QED) is 0.188. The Labute approximate surface area is 258 Å². The topological polar surface area (TPSA) is 137 Å². The maximum atomic E-state index is 13.6. The van der Waals surface area contributed by atoms with Gasteiger partial charge in [-0.05, 0) is 68.2 Å². The number of aromatic nitrogens is 2. The van der Waals surface area contributed by atoms with Crippen LogP contribution in [0.15, 0.2) is 24.3 Å². The predicted octanol–water partition coefficient (Wildman–Crippen LogP) is 2.67. The molecule has 1 aliphatic rings. The van der Waals surface area contributed by atoms with Crippen LogP contribution in [0.5, 0.6) is 0 Å². The fourth-order valence-electron chi connectivity index (χ4n) is 4.99. The van der Waals surface area contributed by atoms with Crippen LogP contribution in [0.25, 0.3) is 5.69 Å². The number of hydrogen-bond donors (Lipinski definition) is 5. The third-order valence-corrected chi connectivity index (χ3v) is 7.02. The van der Waals surface area contributed by atoms with Crippen molar-refractivity contribution in [3.05, 3.63) is 47.0 Å². The summed E-state index contributed by atoms with van der Waals surface area (Å²) < 4.78 is 53.9. The number of piperidine rings is 1. The first-order valence-electron chi connectivity index (χ1n) is 13.3. The molecule has 1 amide bonds. The molecule has 2 heterocycles. The van der Waals surface area contributed by atoms with Gasteiger partial charge in [-0.15, -0.1) is 0 Å². The van der Waals surface area contributed by atoms with Gasteiger partial charge in [0.05, 0.1) is 24.3 Å². The van der Waals surface area contributed by atoms with Crippen molar-refractivity contribution in [3.8, 4) is 5.69 Å². The van der Waals surface area contributed by atoms with Crippen LogP contribution >= 0.6 is 0 Å². The minimum absolute atomic E-state index is 0. The van der Waals surface area contributed by atoms with Crippen LogP contribution in [0.2, 0.25) is 0 Å². The average molecular weight is 597 g/mol. The van der Waals surface area contributed by atoms with Gasteiger partial charge in [0.1, 0.15) is 11.9 Å². The number of amides is 1. The van der Waals surface area contributed by atoms with Gasteiger partial charge in [0, 0.05) is 24.3 Å². The number of halogens is 4. The van der Waals surface area contributed by atoms with Gasteiger partial charge in [-0.2, -0.15) is 18.3 Å². The van der Waals surface area contributed by atoms with Crippen molar-refractivity contribution in [2.45, 2.75) is 82.7 Å². The van der Waals surface area contributed by atoms with Crippen molar-refractivity contribution >= 4 is 41.4 Å². The van der Waals surface area contributed by atoms with E-state index in [4.69, 9.17) is 5.11 Å². The molecule has 1 aliphatic heterocycles. The van der Waals surface area contributed by atoms with Crippen molar-refractivity contribution in [2.75, 3.05) is 13.1 Å². The zero-order valence-corrected chi connectivity index (χ0v) is 22.4. The number of hydrogen-bond acceptors (Lipinski definition) is 6. The van der Waals surface area contributed by atoms with Crippen LogP contribution in [-0.4, -0.2) is 104 Å². The van der Waals surface area contributed by atoms with Gasteiger partial charge in [0.2, 0.25) is 0 Å². The molecule has 2 aromatic rings. The van der Waals surface area contributed by atoms with Crippen LogP contribution in [0, 0.1) is 11.7 Å². The van der Waals surface area contributed by atoms with Gasteiger partial charge in [-0.1, -0.05) is 13.8 Å². The van der Waals surface area contributed by atoms with E-state index in [-0.39, 0.29) is 85.9 Å². The fourth-order valence-corrected chi connectivity index (χ4v) is 4.99. The van der Waals surface area contributed by atoms with Crippen LogP contribution < -0.4 is 10.6 Å². The number of carboxylic acid groups (broad SMARTS) is 1. The van der Waals surface area contributed by atoms with Gasteiger partial charge in [-0.3, -0.25) is 9.59 Å². The molecule has 14 heteroatoms. The number of carboxylic acids is 1. The van der Waals surface area contributed by atoms with Crippen molar-refractivity contribution in [1.29, 1.82) is 0 Å². The number of aliphatic hydroxyl groups is 2. The van der Waals surface area contributed by atoms with Crippen LogP contribution in [0.1, 0.15) is 73.6 Å².